The molecule has 19 heteroatoms. The van der Waals surface area contributed by atoms with Gasteiger partial charge in [-0.25, -0.2) is 9.13 Å². The number of carbonyl (C=O) groups excluding carboxylic acids is 4. The Hall–Kier alpha value is -3.50. The van der Waals surface area contributed by atoms with Crippen molar-refractivity contribution in [3.8, 4) is 0 Å². The predicted octanol–water partition coefficient (Wildman–Crippen LogP) is 20.9. The van der Waals surface area contributed by atoms with Gasteiger partial charge in [0.25, 0.3) is 0 Å². The Kier molecular flexibility index (Phi) is 65.5. The highest BCUT2D eigenvalue weighted by atomic mass is 31.2. The van der Waals surface area contributed by atoms with E-state index in [4.69, 9.17) is 37.0 Å². The summed E-state index contributed by atoms with van der Waals surface area (Å²) in [7, 11) is -9.94. The summed E-state index contributed by atoms with van der Waals surface area (Å²) in [5.74, 6) is -2.20. The van der Waals surface area contributed by atoms with Crippen molar-refractivity contribution in [3.63, 3.8) is 0 Å². The number of phosphoric acid groups is 2. The van der Waals surface area contributed by atoms with Crippen LogP contribution in [-0.4, -0.2) is 96.7 Å². The normalized spacial score (nSPS) is 14.4. The molecule has 5 atom stereocenters. The molecule has 0 fully saturated rings. The molecule has 0 bridgehead atoms. The number of allylic oxidation sites excluding steroid dienone is 12. The Morgan fingerprint density at radius 2 is 0.553 bits per heavy atom. The van der Waals surface area contributed by atoms with E-state index in [0.29, 0.717) is 25.7 Å². The fourth-order valence-corrected chi connectivity index (χ4v) is 11.5. The molecule has 0 aromatic carbocycles. The summed E-state index contributed by atoms with van der Waals surface area (Å²) in [4.78, 5) is 72.7. The van der Waals surface area contributed by atoms with Gasteiger partial charge in [0, 0.05) is 25.7 Å². The molecule has 0 aliphatic carbocycles. The Morgan fingerprint density at radius 1 is 0.309 bits per heavy atom. The molecule has 0 saturated heterocycles. The van der Waals surface area contributed by atoms with Crippen LogP contribution in [-0.2, 0) is 65.4 Å². The van der Waals surface area contributed by atoms with Gasteiger partial charge in [-0.15, -0.1) is 0 Å². The molecule has 0 rings (SSSR count). The first-order valence-electron chi connectivity index (χ1n) is 37.2. The van der Waals surface area contributed by atoms with Crippen molar-refractivity contribution >= 4 is 39.5 Å². The first-order valence-corrected chi connectivity index (χ1v) is 40.2. The van der Waals surface area contributed by atoms with Gasteiger partial charge in [0.05, 0.1) is 26.4 Å². The molecule has 0 heterocycles. The van der Waals surface area contributed by atoms with Crippen LogP contribution in [0.15, 0.2) is 72.9 Å². The van der Waals surface area contributed by atoms with Crippen LogP contribution in [0.25, 0.3) is 0 Å². The van der Waals surface area contributed by atoms with Crippen LogP contribution in [0.3, 0.4) is 0 Å². The van der Waals surface area contributed by atoms with E-state index in [1.54, 1.807) is 0 Å². The summed E-state index contributed by atoms with van der Waals surface area (Å²) >= 11 is 0. The average Bonchev–Trinajstić information content (AvgIpc) is 1.55. The van der Waals surface area contributed by atoms with E-state index in [2.05, 4.69) is 101 Å². The summed E-state index contributed by atoms with van der Waals surface area (Å²) in [6, 6.07) is 0. The average molecular weight is 1370 g/mol. The van der Waals surface area contributed by atoms with E-state index >= 15 is 0 Å². The second kappa shape index (κ2) is 68.0. The number of phosphoric ester groups is 2. The molecular formula is C75H134O17P2. The first kappa shape index (κ1) is 90.5. The maximum Gasteiger partial charge on any atom is 0.472 e. The van der Waals surface area contributed by atoms with Crippen molar-refractivity contribution in [2.75, 3.05) is 39.6 Å². The zero-order valence-electron chi connectivity index (χ0n) is 59.4. The van der Waals surface area contributed by atoms with Gasteiger partial charge in [0.15, 0.2) is 12.2 Å². The fourth-order valence-electron chi connectivity index (χ4n) is 9.97. The lowest BCUT2D eigenvalue weighted by Gasteiger charge is -2.21. The van der Waals surface area contributed by atoms with Crippen LogP contribution in [0.2, 0.25) is 0 Å². The quantitative estimate of drug-likeness (QED) is 0.0169. The topological polar surface area (TPSA) is 237 Å². The molecule has 5 unspecified atom stereocenters. The molecule has 0 amide bonds. The van der Waals surface area contributed by atoms with Crippen molar-refractivity contribution in [2.24, 2.45) is 0 Å². The molecule has 3 N–H and O–H groups in total. The molecule has 0 aromatic rings. The number of ether oxygens (including phenoxy) is 4. The number of carbonyl (C=O) groups is 4. The van der Waals surface area contributed by atoms with Gasteiger partial charge in [0.1, 0.15) is 19.3 Å². The van der Waals surface area contributed by atoms with Gasteiger partial charge in [0.2, 0.25) is 0 Å². The number of rotatable bonds is 70. The number of esters is 4. The zero-order valence-corrected chi connectivity index (χ0v) is 61.2. The summed E-state index contributed by atoms with van der Waals surface area (Å²) < 4.78 is 68.3. The molecule has 0 aromatic heterocycles. The van der Waals surface area contributed by atoms with Crippen molar-refractivity contribution in [3.05, 3.63) is 72.9 Å². The van der Waals surface area contributed by atoms with Gasteiger partial charge in [-0.3, -0.25) is 37.3 Å². The third-order valence-corrected chi connectivity index (χ3v) is 17.6. The first-order chi connectivity index (χ1) is 45.7. The lowest BCUT2D eigenvalue weighted by atomic mass is 10.1. The van der Waals surface area contributed by atoms with Gasteiger partial charge in [-0.05, 0) is 116 Å². The van der Waals surface area contributed by atoms with E-state index < -0.39 is 97.5 Å². The Labute approximate surface area is 571 Å². The van der Waals surface area contributed by atoms with Gasteiger partial charge < -0.3 is 33.8 Å². The molecule has 94 heavy (non-hydrogen) atoms. The lowest BCUT2D eigenvalue weighted by Crippen LogP contribution is -2.30. The van der Waals surface area contributed by atoms with E-state index in [1.807, 2.05) is 0 Å². The highest BCUT2D eigenvalue weighted by Crippen LogP contribution is 2.45. The van der Waals surface area contributed by atoms with Crippen LogP contribution < -0.4 is 0 Å². The highest BCUT2D eigenvalue weighted by molar-refractivity contribution is 7.47. The van der Waals surface area contributed by atoms with Crippen molar-refractivity contribution in [2.45, 2.75) is 341 Å². The minimum absolute atomic E-state index is 0.0831. The van der Waals surface area contributed by atoms with Crippen LogP contribution in [0, 0.1) is 0 Å². The number of aliphatic hydroxyl groups is 1. The second-order valence-electron chi connectivity index (χ2n) is 24.9. The number of hydrogen-bond acceptors (Lipinski definition) is 15. The van der Waals surface area contributed by atoms with E-state index in [-0.39, 0.29) is 25.7 Å². The molecule has 0 aliphatic rings. The van der Waals surface area contributed by atoms with Crippen LogP contribution in [0.1, 0.15) is 323 Å². The van der Waals surface area contributed by atoms with Crippen molar-refractivity contribution in [1.82, 2.24) is 0 Å². The fraction of sp³-hybridized carbons (Fsp3) is 0.787. The third kappa shape index (κ3) is 67.1. The summed E-state index contributed by atoms with van der Waals surface area (Å²) in [5.41, 5.74) is 0. The maximum absolute atomic E-state index is 13.0. The monoisotopic (exact) mass is 1370 g/mol. The molecule has 0 aliphatic heterocycles. The van der Waals surface area contributed by atoms with Crippen LogP contribution >= 0.6 is 15.6 Å². The SMILES string of the molecule is CC/C=C\C/C=C\C/C=C\CCCCCCCC(=O)OCC(COP(=O)(O)OCC(O)COP(=O)(O)OCC(COC(=O)CCCCCCC/C=C\C/C=C\CCCCC)OC(=O)CCCCCCCCCCCCC)OC(=O)CCCCCCC/C=C\CCCCCC. The molecular weight excluding hydrogens is 1230 g/mol. The van der Waals surface area contributed by atoms with Gasteiger partial charge in [-0.2, -0.15) is 0 Å². The van der Waals surface area contributed by atoms with Crippen molar-refractivity contribution < 1.29 is 80.2 Å². The zero-order chi connectivity index (χ0) is 69.0. The van der Waals surface area contributed by atoms with Gasteiger partial charge >= 0.3 is 39.5 Å². The number of aliphatic hydroxyl groups excluding tert-OH is 1. The molecule has 0 radical (unpaired) electrons. The summed E-state index contributed by atoms with van der Waals surface area (Å²) in [5, 5.41) is 10.6. The van der Waals surface area contributed by atoms with Gasteiger partial charge in [-0.1, -0.05) is 255 Å². The minimum Gasteiger partial charge on any atom is -0.462 e. The van der Waals surface area contributed by atoms with E-state index in [0.717, 1.165) is 161 Å². The minimum atomic E-state index is -4.97. The molecule has 0 saturated carbocycles. The van der Waals surface area contributed by atoms with E-state index in [1.165, 1.54) is 83.5 Å². The van der Waals surface area contributed by atoms with Crippen molar-refractivity contribution in [1.29, 1.82) is 0 Å². The maximum atomic E-state index is 13.0. The standard InChI is InChI=1S/C75H134O17P2/c1-5-9-13-17-21-25-29-32-34-37-40-43-47-51-55-59-72(77)85-65-70(91-74(79)61-57-53-49-45-39-28-24-20-16-12-8-4)67-89-93(81,82)87-63-69(76)64-88-94(83,84)90-68-71(92-75(80)62-58-54-50-46-42-36-31-27-23-19-15-11-7-3)66-86-73(78)60-56-52-48-44-41-38-35-33-30-26-22-18-14-10-6-2/h10,14,21-22,25-27,31-35,69-71,76H,5-9,11-13,15-20,23-24,28-30,36-68H2,1-4H3,(H,81,82)(H,83,84)/b14-10-,25-21-,26-22-,31-27-,34-32-,35-33-. The Bertz CT molecular complexity index is 2070. The summed E-state index contributed by atoms with van der Waals surface area (Å²) in [6.45, 7) is 4.69. The lowest BCUT2D eigenvalue weighted by molar-refractivity contribution is -0.161. The number of hydrogen-bond donors (Lipinski definition) is 3. The molecule has 546 valence electrons. The Balaban J connectivity index is 5.32. The van der Waals surface area contributed by atoms with Crippen LogP contribution in [0.5, 0.6) is 0 Å². The second-order valence-corrected chi connectivity index (χ2v) is 27.8. The number of unbranched alkanes of at least 4 members (excludes halogenated alkanes) is 32. The Morgan fingerprint density at radius 3 is 0.894 bits per heavy atom. The highest BCUT2D eigenvalue weighted by Gasteiger charge is 2.30. The largest absolute Gasteiger partial charge is 0.472 e. The molecule has 0 spiro atoms. The molecule has 17 nitrogen and oxygen atoms in total. The van der Waals surface area contributed by atoms with Crippen LogP contribution in [0.4, 0.5) is 0 Å². The van der Waals surface area contributed by atoms with E-state index in [9.17, 15) is 43.2 Å². The third-order valence-electron chi connectivity index (χ3n) is 15.7. The smallest absolute Gasteiger partial charge is 0.462 e. The predicted molar refractivity (Wildman–Crippen MR) is 381 cm³/mol. The summed E-state index contributed by atoms with van der Waals surface area (Å²) in [6.07, 6.45) is 66.1.